The number of hydrogen-bond donors (Lipinski definition) is 2. The van der Waals surface area contributed by atoms with Crippen molar-refractivity contribution >= 4 is 9.84 Å². The first-order valence-electron chi connectivity index (χ1n) is 14.1. The van der Waals surface area contributed by atoms with Crippen LogP contribution in [0.5, 0.6) is 17.2 Å². The van der Waals surface area contributed by atoms with Crippen LogP contribution in [-0.4, -0.2) is 73.9 Å². The molecule has 3 rings (SSSR count). The van der Waals surface area contributed by atoms with E-state index in [1.807, 2.05) is 30.1 Å². The predicted octanol–water partition coefficient (Wildman–Crippen LogP) is 6.81. The van der Waals surface area contributed by atoms with Crippen molar-refractivity contribution < 1.29 is 45.3 Å². The monoisotopic (exact) mass is 621 g/mol. The van der Waals surface area contributed by atoms with Crippen molar-refractivity contribution in [3.8, 4) is 17.2 Å². The van der Waals surface area contributed by atoms with Gasteiger partial charge in [0, 0.05) is 23.8 Å². The molecule has 1 heterocycles. The maximum atomic E-state index is 13.0. The molecule has 2 aromatic rings. The second kappa shape index (κ2) is 13.8. The Morgan fingerprint density at radius 2 is 1.52 bits per heavy atom. The number of alkyl halides is 5. The SMILES string of the molecule is CN(CCCCC[C@@H]1c2ccc(O)cc2OC[C@]1(C)c1ccc(O)cc1)CCCS(=O)(=O)CCCC(F)(F)C(F)(F)F. The van der Waals surface area contributed by atoms with Gasteiger partial charge in [-0.05, 0) is 75.1 Å². The summed E-state index contributed by atoms with van der Waals surface area (Å²) in [5.74, 6) is -4.73. The summed E-state index contributed by atoms with van der Waals surface area (Å²) in [6.45, 7) is 3.76. The lowest BCUT2D eigenvalue weighted by Gasteiger charge is -2.43. The zero-order valence-electron chi connectivity index (χ0n) is 24.0. The van der Waals surface area contributed by atoms with Crippen molar-refractivity contribution in [1.29, 1.82) is 0 Å². The van der Waals surface area contributed by atoms with Crippen molar-refractivity contribution in [2.45, 2.75) is 75.3 Å². The maximum Gasteiger partial charge on any atom is 0.453 e. The number of phenols is 2. The van der Waals surface area contributed by atoms with Crippen molar-refractivity contribution in [2.24, 2.45) is 0 Å². The Kier molecular flexibility index (Phi) is 11.1. The zero-order valence-corrected chi connectivity index (χ0v) is 24.8. The molecule has 2 aromatic carbocycles. The van der Waals surface area contributed by atoms with Gasteiger partial charge in [-0.3, -0.25) is 0 Å². The Balaban J connectivity index is 1.44. The van der Waals surface area contributed by atoms with Crippen molar-refractivity contribution in [3.63, 3.8) is 0 Å². The molecule has 0 amide bonds. The summed E-state index contributed by atoms with van der Waals surface area (Å²) in [7, 11) is -1.86. The van der Waals surface area contributed by atoms with Gasteiger partial charge in [0.15, 0.2) is 0 Å². The average Bonchev–Trinajstić information content (AvgIpc) is 2.89. The molecule has 0 bridgehead atoms. The number of aromatic hydroxyl groups is 2. The van der Waals surface area contributed by atoms with Crippen molar-refractivity contribution in [3.05, 3.63) is 53.6 Å². The molecule has 0 unspecified atom stereocenters. The van der Waals surface area contributed by atoms with Gasteiger partial charge in [0.1, 0.15) is 27.1 Å². The lowest BCUT2D eigenvalue weighted by Crippen LogP contribution is -2.40. The van der Waals surface area contributed by atoms with Crippen LogP contribution < -0.4 is 4.74 Å². The molecule has 0 aromatic heterocycles. The smallest absolute Gasteiger partial charge is 0.453 e. The lowest BCUT2D eigenvalue weighted by molar-refractivity contribution is -0.284. The molecule has 42 heavy (non-hydrogen) atoms. The number of fused-ring (bicyclic) bond motifs is 1. The minimum absolute atomic E-state index is 0.116. The highest BCUT2D eigenvalue weighted by Gasteiger charge is 2.56. The number of hydrogen-bond acceptors (Lipinski definition) is 6. The summed E-state index contributed by atoms with van der Waals surface area (Å²) in [4.78, 5) is 1.99. The number of ether oxygens (including phenoxy) is 1. The predicted molar refractivity (Wildman–Crippen MR) is 151 cm³/mol. The van der Waals surface area contributed by atoms with Crippen molar-refractivity contribution in [1.82, 2.24) is 4.90 Å². The number of halogens is 5. The first-order chi connectivity index (χ1) is 19.5. The topological polar surface area (TPSA) is 87.1 Å². The molecular formula is C30H40F5NO5S. The number of rotatable bonds is 15. The Morgan fingerprint density at radius 1 is 0.905 bits per heavy atom. The molecule has 6 nitrogen and oxygen atoms in total. The fourth-order valence-electron chi connectivity index (χ4n) is 5.54. The molecule has 1 aliphatic heterocycles. The van der Waals surface area contributed by atoms with E-state index in [0.717, 1.165) is 43.4 Å². The van der Waals surface area contributed by atoms with E-state index in [0.29, 0.717) is 18.9 Å². The van der Waals surface area contributed by atoms with E-state index in [1.54, 1.807) is 24.3 Å². The van der Waals surface area contributed by atoms with E-state index < -0.39 is 40.5 Å². The summed E-state index contributed by atoms with van der Waals surface area (Å²) >= 11 is 0. The van der Waals surface area contributed by atoms with Gasteiger partial charge in [-0.15, -0.1) is 0 Å². The average molecular weight is 622 g/mol. The van der Waals surface area contributed by atoms with Crippen LogP contribution in [-0.2, 0) is 15.3 Å². The maximum absolute atomic E-state index is 13.0. The summed E-state index contributed by atoms with van der Waals surface area (Å²) < 4.78 is 93.0. The summed E-state index contributed by atoms with van der Waals surface area (Å²) in [5.41, 5.74) is 1.73. The molecule has 2 N–H and O–H groups in total. The molecule has 12 heteroatoms. The van der Waals surface area contributed by atoms with E-state index in [9.17, 15) is 40.6 Å². The van der Waals surface area contributed by atoms with Gasteiger partial charge in [0.2, 0.25) is 0 Å². The van der Waals surface area contributed by atoms with E-state index in [4.69, 9.17) is 4.74 Å². The Morgan fingerprint density at radius 3 is 2.19 bits per heavy atom. The molecular weight excluding hydrogens is 581 g/mol. The molecule has 0 radical (unpaired) electrons. The highest BCUT2D eigenvalue weighted by molar-refractivity contribution is 7.91. The zero-order chi connectivity index (χ0) is 31.2. The van der Waals surface area contributed by atoms with Crippen LogP contribution in [0.25, 0.3) is 0 Å². The molecule has 2 atom stereocenters. The van der Waals surface area contributed by atoms with Gasteiger partial charge >= 0.3 is 12.1 Å². The van der Waals surface area contributed by atoms with Gasteiger partial charge in [-0.2, -0.15) is 22.0 Å². The van der Waals surface area contributed by atoms with Crippen LogP contribution in [0.15, 0.2) is 42.5 Å². The van der Waals surface area contributed by atoms with Gasteiger partial charge < -0.3 is 19.8 Å². The first-order valence-corrected chi connectivity index (χ1v) is 15.9. The summed E-state index contributed by atoms with van der Waals surface area (Å²) in [5, 5.41) is 19.7. The van der Waals surface area contributed by atoms with Crippen LogP contribution in [0.2, 0.25) is 0 Å². The molecule has 0 spiro atoms. The minimum atomic E-state index is -5.68. The second-order valence-electron chi connectivity index (χ2n) is 11.5. The van der Waals surface area contributed by atoms with E-state index in [1.165, 1.54) is 0 Å². The van der Waals surface area contributed by atoms with Crippen molar-refractivity contribution in [2.75, 3.05) is 38.2 Å². The normalized spacial score (nSPS) is 19.5. The number of sulfone groups is 1. The number of unbranched alkanes of at least 4 members (excludes halogenated alkanes) is 2. The molecule has 0 saturated heterocycles. The lowest BCUT2D eigenvalue weighted by atomic mass is 9.66. The largest absolute Gasteiger partial charge is 0.508 e. The van der Waals surface area contributed by atoms with Crippen LogP contribution in [0.4, 0.5) is 22.0 Å². The Hall–Kier alpha value is -2.60. The fourth-order valence-corrected chi connectivity index (χ4v) is 6.90. The van der Waals surface area contributed by atoms with E-state index in [-0.39, 0.29) is 35.0 Å². The second-order valence-corrected chi connectivity index (χ2v) is 13.8. The quantitative estimate of drug-likeness (QED) is 0.168. The Labute approximate surface area is 244 Å². The van der Waals surface area contributed by atoms with E-state index in [2.05, 4.69) is 6.92 Å². The molecule has 0 aliphatic carbocycles. The summed E-state index contributed by atoms with van der Waals surface area (Å²) in [6, 6.07) is 12.3. The molecule has 0 saturated carbocycles. The summed E-state index contributed by atoms with van der Waals surface area (Å²) in [6.07, 6.45) is -4.10. The third-order valence-corrected chi connectivity index (χ3v) is 9.91. The van der Waals surface area contributed by atoms with Gasteiger partial charge in [0.25, 0.3) is 0 Å². The standard InChI is InChI=1S/C30H40F5NO5S/c1-28(22-9-11-23(37)12-10-22)21-41-27-20-24(38)13-14-25(27)26(28)8-4-3-5-16-36(2)17-7-19-42(39,40)18-6-15-29(31,32)30(33,34)35/h9-14,20,26,37-38H,3-8,15-19,21H2,1-2H3/t26-,28-/m1/s1. The molecule has 1 aliphatic rings. The van der Waals surface area contributed by atoms with Crippen LogP contribution in [0.1, 0.15) is 68.9 Å². The number of nitrogens with zero attached hydrogens (tertiary/aromatic N) is 1. The van der Waals surface area contributed by atoms with Gasteiger partial charge in [-0.25, -0.2) is 8.42 Å². The van der Waals surface area contributed by atoms with E-state index >= 15 is 0 Å². The number of benzene rings is 2. The molecule has 0 fully saturated rings. The fraction of sp³-hybridized carbons (Fsp3) is 0.600. The van der Waals surface area contributed by atoms with Gasteiger partial charge in [0.05, 0.1) is 18.1 Å². The highest BCUT2D eigenvalue weighted by Crippen LogP contribution is 2.49. The highest BCUT2D eigenvalue weighted by atomic mass is 32.2. The number of phenolic OH excluding ortho intramolecular Hbond substituents is 2. The van der Waals surface area contributed by atoms with Crippen LogP contribution in [0.3, 0.4) is 0 Å². The third kappa shape index (κ3) is 8.95. The first kappa shape index (κ1) is 33.9. The van der Waals surface area contributed by atoms with Crippen LogP contribution >= 0.6 is 0 Å². The molecule has 236 valence electrons. The Bertz CT molecular complexity index is 1270. The van der Waals surface area contributed by atoms with Gasteiger partial charge in [-0.1, -0.05) is 38.0 Å². The third-order valence-electron chi connectivity index (χ3n) is 8.08. The minimum Gasteiger partial charge on any atom is -0.508 e. The van der Waals surface area contributed by atoms with Crippen LogP contribution in [0, 0.1) is 0 Å².